The Kier molecular flexibility index (Phi) is 7.60. The summed E-state index contributed by atoms with van der Waals surface area (Å²) in [6, 6.07) is 7.96. The molecule has 136 valence electrons. The van der Waals surface area contributed by atoms with Crippen molar-refractivity contribution in [1.82, 2.24) is 10.6 Å². The third kappa shape index (κ3) is 5.67. The number of nitrogens with one attached hydrogen (secondary N) is 2. The average Bonchev–Trinajstić information content (AvgIpc) is 3.18. The highest BCUT2D eigenvalue weighted by Crippen LogP contribution is 2.25. The van der Waals surface area contributed by atoms with Gasteiger partial charge in [-0.1, -0.05) is 6.92 Å². The lowest BCUT2D eigenvalue weighted by Crippen LogP contribution is -2.39. The molecular weight excluding hydrogens is 334 g/mol. The lowest BCUT2D eigenvalue weighted by Gasteiger charge is -2.15. The van der Waals surface area contributed by atoms with Crippen LogP contribution in [-0.4, -0.2) is 33.3 Å². The fraction of sp³-hybridized carbons (Fsp3) is 0.421. The third-order valence-corrected chi connectivity index (χ3v) is 4.64. The molecule has 25 heavy (non-hydrogen) atoms. The summed E-state index contributed by atoms with van der Waals surface area (Å²) >= 11 is 1.73. The molecule has 1 aromatic carbocycles. The first-order chi connectivity index (χ1) is 12.2. The van der Waals surface area contributed by atoms with E-state index >= 15 is 0 Å². The molecule has 2 rings (SSSR count). The Hall–Kier alpha value is -2.21. The number of aliphatic imine (C=N–C) groups is 1. The van der Waals surface area contributed by atoms with E-state index in [0.717, 1.165) is 36.1 Å². The van der Waals surface area contributed by atoms with Gasteiger partial charge < -0.3 is 20.1 Å². The summed E-state index contributed by atoms with van der Waals surface area (Å²) in [7, 11) is 3.31. The highest BCUT2D eigenvalue weighted by atomic mass is 32.1. The molecule has 6 heteroatoms. The van der Waals surface area contributed by atoms with Crippen molar-refractivity contribution in [2.45, 2.75) is 26.3 Å². The van der Waals surface area contributed by atoms with Crippen LogP contribution in [0.15, 0.2) is 40.0 Å². The lowest BCUT2D eigenvalue weighted by molar-refractivity contribution is 0.391. The van der Waals surface area contributed by atoms with Crippen molar-refractivity contribution in [2.75, 3.05) is 27.3 Å². The summed E-state index contributed by atoms with van der Waals surface area (Å²) in [4.78, 5) is 4.68. The Morgan fingerprint density at radius 2 is 2.04 bits per heavy atom. The van der Waals surface area contributed by atoms with Crippen molar-refractivity contribution in [3.05, 3.63) is 46.2 Å². The van der Waals surface area contributed by atoms with Gasteiger partial charge in [0.2, 0.25) is 0 Å². The number of ether oxygens (including phenoxy) is 2. The van der Waals surface area contributed by atoms with Gasteiger partial charge in [-0.15, -0.1) is 0 Å². The van der Waals surface area contributed by atoms with Crippen LogP contribution in [0.4, 0.5) is 0 Å². The van der Waals surface area contributed by atoms with Crippen molar-refractivity contribution in [2.24, 2.45) is 4.99 Å². The minimum atomic E-state index is 0.436. The van der Waals surface area contributed by atoms with Crippen LogP contribution in [-0.2, 0) is 6.54 Å². The Bertz CT molecular complexity index is 671. The van der Waals surface area contributed by atoms with Gasteiger partial charge in [-0.2, -0.15) is 11.3 Å². The van der Waals surface area contributed by atoms with Crippen LogP contribution in [0.3, 0.4) is 0 Å². The van der Waals surface area contributed by atoms with Crippen LogP contribution in [0.1, 0.15) is 30.9 Å². The zero-order valence-corrected chi connectivity index (χ0v) is 16.2. The summed E-state index contributed by atoms with van der Waals surface area (Å²) in [6.45, 7) is 6.47. The van der Waals surface area contributed by atoms with E-state index in [1.54, 1.807) is 25.6 Å². The summed E-state index contributed by atoms with van der Waals surface area (Å²) in [6.07, 6.45) is 0. The largest absolute Gasteiger partial charge is 0.497 e. The number of thiophene rings is 1. The highest BCUT2D eigenvalue weighted by Gasteiger charge is 2.08. The summed E-state index contributed by atoms with van der Waals surface area (Å²) in [5, 5.41) is 11.0. The molecule has 1 atom stereocenters. The van der Waals surface area contributed by atoms with Crippen molar-refractivity contribution in [1.29, 1.82) is 0 Å². The van der Waals surface area contributed by atoms with Crippen molar-refractivity contribution in [3.63, 3.8) is 0 Å². The van der Waals surface area contributed by atoms with Crippen molar-refractivity contribution in [3.8, 4) is 11.5 Å². The van der Waals surface area contributed by atoms with Gasteiger partial charge in [0.1, 0.15) is 11.5 Å². The van der Waals surface area contributed by atoms with E-state index in [0.29, 0.717) is 12.5 Å². The predicted molar refractivity (Wildman–Crippen MR) is 105 cm³/mol. The number of rotatable bonds is 8. The van der Waals surface area contributed by atoms with Crippen molar-refractivity contribution >= 4 is 17.3 Å². The first kappa shape index (κ1) is 19.1. The second-order valence-corrected chi connectivity index (χ2v) is 6.49. The summed E-state index contributed by atoms with van der Waals surface area (Å²) in [5.74, 6) is 2.80. The molecule has 1 aromatic heterocycles. The standard InChI is InChI=1S/C19H27N3O2S/c1-5-20-19(21-11-14(2)16-8-9-25-13-16)22-12-15-6-7-17(23-3)10-18(15)24-4/h6-10,13-14H,5,11-12H2,1-4H3,(H2,20,21,22). The monoisotopic (exact) mass is 361 g/mol. The molecule has 1 heterocycles. The number of guanidine groups is 1. The quantitative estimate of drug-likeness (QED) is 0.557. The van der Waals surface area contributed by atoms with Gasteiger partial charge in [-0.05, 0) is 47.4 Å². The Balaban J connectivity index is 2.01. The maximum atomic E-state index is 5.44. The van der Waals surface area contributed by atoms with E-state index < -0.39 is 0 Å². The molecule has 0 fully saturated rings. The number of hydrogen-bond donors (Lipinski definition) is 2. The molecule has 2 aromatic rings. The van der Waals surface area contributed by atoms with E-state index in [4.69, 9.17) is 9.47 Å². The first-order valence-electron chi connectivity index (χ1n) is 8.43. The molecule has 0 amide bonds. The predicted octanol–water partition coefficient (Wildman–Crippen LogP) is 3.62. The maximum Gasteiger partial charge on any atom is 0.191 e. The van der Waals surface area contributed by atoms with E-state index in [1.165, 1.54) is 5.56 Å². The van der Waals surface area contributed by atoms with Gasteiger partial charge >= 0.3 is 0 Å². The summed E-state index contributed by atoms with van der Waals surface area (Å²) in [5.41, 5.74) is 2.37. The molecule has 0 aliphatic carbocycles. The zero-order valence-electron chi connectivity index (χ0n) is 15.3. The molecule has 0 bridgehead atoms. The van der Waals surface area contributed by atoms with E-state index in [2.05, 4.69) is 46.3 Å². The molecule has 5 nitrogen and oxygen atoms in total. The molecule has 0 radical (unpaired) electrons. The average molecular weight is 362 g/mol. The zero-order chi connectivity index (χ0) is 18.1. The van der Waals surface area contributed by atoms with Gasteiger partial charge in [0, 0.05) is 24.7 Å². The minimum absolute atomic E-state index is 0.436. The first-order valence-corrected chi connectivity index (χ1v) is 9.37. The van der Waals surface area contributed by atoms with E-state index in [9.17, 15) is 0 Å². The molecule has 0 spiro atoms. The smallest absolute Gasteiger partial charge is 0.191 e. The van der Waals surface area contributed by atoms with Crippen molar-refractivity contribution < 1.29 is 9.47 Å². The number of hydrogen-bond acceptors (Lipinski definition) is 4. The van der Waals surface area contributed by atoms with E-state index in [1.807, 2.05) is 18.2 Å². The van der Waals surface area contributed by atoms with Crippen LogP contribution in [0.5, 0.6) is 11.5 Å². The van der Waals surface area contributed by atoms with Crippen LogP contribution < -0.4 is 20.1 Å². The molecule has 0 saturated heterocycles. The Morgan fingerprint density at radius 3 is 2.68 bits per heavy atom. The molecule has 0 saturated carbocycles. The molecule has 2 N–H and O–H groups in total. The minimum Gasteiger partial charge on any atom is -0.497 e. The van der Waals surface area contributed by atoms with Gasteiger partial charge in [-0.3, -0.25) is 0 Å². The normalized spacial score (nSPS) is 12.6. The lowest BCUT2D eigenvalue weighted by atomic mass is 10.1. The SMILES string of the molecule is CCNC(=NCc1ccc(OC)cc1OC)NCC(C)c1ccsc1. The molecule has 1 unspecified atom stereocenters. The number of benzene rings is 1. The third-order valence-electron chi connectivity index (χ3n) is 3.93. The van der Waals surface area contributed by atoms with Crippen LogP contribution in [0.25, 0.3) is 0 Å². The highest BCUT2D eigenvalue weighted by molar-refractivity contribution is 7.07. The fourth-order valence-electron chi connectivity index (χ4n) is 2.41. The van der Waals surface area contributed by atoms with Crippen LogP contribution >= 0.6 is 11.3 Å². The second-order valence-electron chi connectivity index (χ2n) is 5.71. The van der Waals surface area contributed by atoms with Crippen LogP contribution in [0, 0.1) is 0 Å². The molecular formula is C19H27N3O2S. The van der Waals surface area contributed by atoms with Gasteiger partial charge in [0.05, 0.1) is 20.8 Å². The van der Waals surface area contributed by atoms with E-state index in [-0.39, 0.29) is 0 Å². The van der Waals surface area contributed by atoms with Gasteiger partial charge in [0.15, 0.2) is 5.96 Å². The number of methoxy groups -OCH3 is 2. The van der Waals surface area contributed by atoms with Gasteiger partial charge in [0.25, 0.3) is 0 Å². The number of nitrogens with zero attached hydrogens (tertiary/aromatic N) is 1. The van der Waals surface area contributed by atoms with Crippen LogP contribution in [0.2, 0.25) is 0 Å². The molecule has 0 aliphatic rings. The van der Waals surface area contributed by atoms with Gasteiger partial charge in [-0.25, -0.2) is 4.99 Å². The Morgan fingerprint density at radius 1 is 1.20 bits per heavy atom. The summed E-state index contributed by atoms with van der Waals surface area (Å²) < 4.78 is 10.7. The molecule has 0 aliphatic heterocycles. The topological polar surface area (TPSA) is 54.9 Å². The fourth-order valence-corrected chi connectivity index (χ4v) is 3.19. The Labute approximate surface area is 154 Å². The maximum absolute atomic E-state index is 5.44. The second kappa shape index (κ2) is 9.93.